The van der Waals surface area contributed by atoms with Crippen molar-refractivity contribution in [2.75, 3.05) is 66.6 Å². The summed E-state index contributed by atoms with van der Waals surface area (Å²) in [6.07, 6.45) is 6.39. The maximum absolute atomic E-state index is 13.8. The van der Waals surface area contributed by atoms with Crippen molar-refractivity contribution >= 4 is 22.9 Å². The minimum absolute atomic E-state index is 0.0360. The molecule has 0 radical (unpaired) electrons. The SMILES string of the molecule is C#CCOCCOCCOCCOCCOC(=O)CCC(=O)Oc1c(-c2ccc(OC)cc2)oc2c(CC=C(C)C)c(O)cc(O)c2c1=O. The van der Waals surface area contributed by atoms with Gasteiger partial charge in [-0.25, -0.2) is 0 Å². The zero-order valence-corrected chi connectivity index (χ0v) is 27.9. The smallest absolute Gasteiger partial charge is 0.312 e. The Hall–Kier alpha value is -4.87. The highest BCUT2D eigenvalue weighted by molar-refractivity contribution is 5.92. The van der Waals surface area contributed by atoms with Gasteiger partial charge in [0.1, 0.15) is 41.4 Å². The monoisotopic (exact) mass is 682 g/mol. The molecule has 0 amide bonds. The van der Waals surface area contributed by atoms with E-state index in [9.17, 15) is 24.6 Å². The second-order valence-electron chi connectivity index (χ2n) is 10.7. The van der Waals surface area contributed by atoms with Crippen LogP contribution < -0.4 is 14.9 Å². The number of aromatic hydroxyl groups is 2. The van der Waals surface area contributed by atoms with Crippen LogP contribution in [-0.4, -0.2) is 88.7 Å². The number of hydrogen-bond acceptors (Lipinski definition) is 13. The third kappa shape index (κ3) is 12.3. The van der Waals surface area contributed by atoms with Crippen molar-refractivity contribution in [1.82, 2.24) is 0 Å². The van der Waals surface area contributed by atoms with E-state index in [0.29, 0.717) is 44.3 Å². The lowest BCUT2D eigenvalue weighted by atomic mass is 10.0. The molecule has 3 rings (SSSR count). The Bertz CT molecular complexity index is 1660. The Morgan fingerprint density at radius 3 is 2.04 bits per heavy atom. The summed E-state index contributed by atoms with van der Waals surface area (Å²) in [5, 5.41) is 21.0. The molecule has 0 bridgehead atoms. The first-order chi connectivity index (χ1) is 23.7. The van der Waals surface area contributed by atoms with Crippen molar-refractivity contribution < 1.29 is 57.4 Å². The van der Waals surface area contributed by atoms with Crippen molar-refractivity contribution in [1.29, 1.82) is 0 Å². The van der Waals surface area contributed by atoms with Gasteiger partial charge in [-0.3, -0.25) is 14.4 Å². The maximum Gasteiger partial charge on any atom is 0.312 e. The summed E-state index contributed by atoms with van der Waals surface area (Å²) in [5.41, 5.74) is 0.687. The molecule has 0 unspecified atom stereocenters. The number of carbonyl (C=O) groups is 2. The molecule has 49 heavy (non-hydrogen) atoms. The van der Waals surface area contributed by atoms with E-state index in [0.717, 1.165) is 11.6 Å². The summed E-state index contributed by atoms with van der Waals surface area (Å²) in [4.78, 5) is 38.9. The van der Waals surface area contributed by atoms with E-state index in [1.54, 1.807) is 24.3 Å². The van der Waals surface area contributed by atoms with Crippen molar-refractivity contribution in [3.63, 3.8) is 0 Å². The molecule has 2 N–H and O–H groups in total. The fraction of sp³-hybridized carbons (Fsp3) is 0.417. The average molecular weight is 683 g/mol. The number of ether oxygens (including phenoxy) is 7. The van der Waals surface area contributed by atoms with Crippen molar-refractivity contribution in [3.8, 4) is 46.7 Å². The Balaban J connectivity index is 1.58. The summed E-state index contributed by atoms with van der Waals surface area (Å²) >= 11 is 0. The zero-order valence-electron chi connectivity index (χ0n) is 27.9. The van der Waals surface area contributed by atoms with Crippen LogP contribution >= 0.6 is 0 Å². The fourth-order valence-corrected chi connectivity index (χ4v) is 4.34. The molecular weight excluding hydrogens is 640 g/mol. The molecule has 0 fully saturated rings. The van der Waals surface area contributed by atoms with E-state index in [-0.39, 0.29) is 67.3 Å². The van der Waals surface area contributed by atoms with Gasteiger partial charge in [-0.1, -0.05) is 17.6 Å². The fourth-order valence-electron chi connectivity index (χ4n) is 4.34. The van der Waals surface area contributed by atoms with Crippen LogP contribution in [0, 0.1) is 12.3 Å². The number of esters is 2. The third-order valence-corrected chi connectivity index (χ3v) is 6.79. The highest BCUT2D eigenvalue weighted by Gasteiger charge is 2.25. The van der Waals surface area contributed by atoms with Crippen molar-refractivity contribution in [2.45, 2.75) is 33.1 Å². The molecule has 1 heterocycles. The maximum atomic E-state index is 13.8. The van der Waals surface area contributed by atoms with Crippen molar-refractivity contribution in [2.24, 2.45) is 0 Å². The van der Waals surface area contributed by atoms with Gasteiger partial charge < -0.3 is 47.8 Å². The number of fused-ring (bicyclic) bond motifs is 1. The minimum Gasteiger partial charge on any atom is -0.507 e. The molecule has 13 heteroatoms. The first-order valence-electron chi connectivity index (χ1n) is 15.6. The number of phenolic OH excluding ortho intramolecular Hbond substituents is 2. The lowest BCUT2D eigenvalue weighted by Crippen LogP contribution is -2.18. The van der Waals surface area contributed by atoms with E-state index < -0.39 is 35.3 Å². The molecule has 1 aromatic heterocycles. The van der Waals surface area contributed by atoms with Crippen LogP contribution in [0.3, 0.4) is 0 Å². The number of rotatable bonds is 21. The number of methoxy groups -OCH3 is 1. The Morgan fingerprint density at radius 2 is 1.45 bits per heavy atom. The van der Waals surface area contributed by atoms with Crippen LogP contribution in [0.2, 0.25) is 0 Å². The van der Waals surface area contributed by atoms with Gasteiger partial charge >= 0.3 is 11.9 Å². The summed E-state index contributed by atoms with van der Waals surface area (Å²) in [5.74, 6) is -0.0935. The Labute approximate surface area is 284 Å². The molecule has 0 aliphatic rings. The van der Waals surface area contributed by atoms with Crippen LogP contribution in [0.4, 0.5) is 0 Å². The van der Waals surface area contributed by atoms with Gasteiger partial charge in [-0.2, -0.15) is 0 Å². The van der Waals surface area contributed by atoms with Gasteiger partial charge in [-0.05, 0) is 44.5 Å². The zero-order chi connectivity index (χ0) is 35.6. The van der Waals surface area contributed by atoms with Gasteiger partial charge in [-0.15, -0.1) is 6.42 Å². The van der Waals surface area contributed by atoms with E-state index in [1.165, 1.54) is 7.11 Å². The van der Waals surface area contributed by atoms with Gasteiger partial charge in [0, 0.05) is 17.2 Å². The highest BCUT2D eigenvalue weighted by Crippen LogP contribution is 2.39. The first kappa shape index (κ1) is 38.6. The number of terminal acetylenes is 1. The second-order valence-corrected chi connectivity index (χ2v) is 10.7. The molecular formula is C36H42O13. The predicted octanol–water partition coefficient (Wildman–Crippen LogP) is 4.32. The molecule has 0 aliphatic heterocycles. The summed E-state index contributed by atoms with van der Waals surface area (Å²) in [7, 11) is 1.50. The third-order valence-electron chi connectivity index (χ3n) is 6.79. The van der Waals surface area contributed by atoms with Gasteiger partial charge in [0.05, 0.1) is 66.2 Å². The highest BCUT2D eigenvalue weighted by atomic mass is 16.6. The second kappa shape index (κ2) is 20.5. The minimum atomic E-state index is -0.904. The van der Waals surface area contributed by atoms with Crippen LogP contribution in [-0.2, 0) is 39.7 Å². The summed E-state index contributed by atoms with van der Waals surface area (Å²) < 4.78 is 43.0. The predicted molar refractivity (Wildman–Crippen MR) is 179 cm³/mol. The number of carbonyl (C=O) groups excluding carboxylic acids is 2. The molecule has 0 spiro atoms. The molecule has 13 nitrogen and oxygen atoms in total. The van der Waals surface area contributed by atoms with Gasteiger partial charge in [0.2, 0.25) is 11.2 Å². The van der Waals surface area contributed by atoms with E-state index in [1.807, 2.05) is 19.9 Å². The molecule has 0 saturated carbocycles. The van der Waals surface area contributed by atoms with E-state index in [2.05, 4.69) is 5.92 Å². The molecule has 3 aromatic rings. The molecule has 0 saturated heterocycles. The topological polar surface area (TPSA) is 169 Å². The lowest BCUT2D eigenvalue weighted by molar-refractivity contribution is -0.148. The first-order valence-corrected chi connectivity index (χ1v) is 15.6. The number of hydrogen-bond donors (Lipinski definition) is 2. The van der Waals surface area contributed by atoms with E-state index in [4.69, 9.17) is 44.0 Å². The van der Waals surface area contributed by atoms with Crippen molar-refractivity contribution in [3.05, 3.63) is 57.8 Å². The van der Waals surface area contributed by atoms with Gasteiger partial charge in [0.15, 0.2) is 5.76 Å². The van der Waals surface area contributed by atoms with Crippen LogP contribution in [0.5, 0.6) is 23.0 Å². The van der Waals surface area contributed by atoms with Gasteiger partial charge in [0.25, 0.3) is 0 Å². The molecule has 2 aromatic carbocycles. The normalized spacial score (nSPS) is 10.8. The standard InChI is InChI=1S/C36H42O13/c1-5-14-43-15-16-44-17-18-45-19-20-46-21-22-47-30(39)12-13-31(40)48-36-33(41)32-29(38)23-28(37)27(11-6-24(2)3)35(32)49-34(36)25-7-9-26(42-4)10-8-25/h1,6-10,23,37-38H,11-22H2,2-4H3. The Morgan fingerprint density at radius 1 is 0.857 bits per heavy atom. The lowest BCUT2D eigenvalue weighted by Gasteiger charge is -2.14. The van der Waals surface area contributed by atoms with Crippen LogP contribution in [0.25, 0.3) is 22.3 Å². The van der Waals surface area contributed by atoms with Crippen LogP contribution in [0.15, 0.2) is 51.2 Å². The average Bonchev–Trinajstić information content (AvgIpc) is 3.08. The molecule has 0 atom stereocenters. The number of phenols is 2. The molecule has 0 aliphatic carbocycles. The summed E-state index contributed by atoms with van der Waals surface area (Å²) in [6, 6.07) is 7.48. The van der Waals surface area contributed by atoms with E-state index >= 15 is 0 Å². The van der Waals surface area contributed by atoms with Crippen LogP contribution in [0.1, 0.15) is 32.3 Å². The largest absolute Gasteiger partial charge is 0.507 e. The quantitative estimate of drug-likeness (QED) is 0.0706. The number of benzene rings is 2. The number of allylic oxidation sites excluding steroid dienone is 2. The molecule has 264 valence electrons. The Kier molecular flexibility index (Phi) is 16.1. The summed E-state index contributed by atoms with van der Waals surface area (Å²) in [6.45, 7) is 6.31.